The number of aryl methyl sites for hydroxylation is 2. The number of nitrogens with zero attached hydrogens (tertiary/aromatic N) is 1. The number of nitrogens with two attached hydrogens (primary N) is 1. The third kappa shape index (κ3) is 2.76. The van der Waals surface area contributed by atoms with Gasteiger partial charge in [0, 0.05) is 51.9 Å². The first-order valence-electron chi connectivity index (χ1n) is 10.0. The molecule has 0 fully saturated rings. The van der Waals surface area contributed by atoms with Crippen LogP contribution in [0.5, 0.6) is 0 Å². The topological polar surface area (TPSA) is 92.9 Å². The molecule has 3 heterocycles. The molecule has 30 heavy (non-hydrogen) atoms. The van der Waals surface area contributed by atoms with Crippen molar-refractivity contribution in [2.45, 2.75) is 19.9 Å². The van der Waals surface area contributed by atoms with Gasteiger partial charge in [-0.05, 0) is 37.6 Å². The summed E-state index contributed by atoms with van der Waals surface area (Å²) in [5.74, 6) is -0.728. The van der Waals surface area contributed by atoms with Gasteiger partial charge < -0.3 is 15.3 Å². The third-order valence-corrected chi connectivity index (χ3v) is 5.70. The number of aromatic nitrogens is 2. The number of imide groups is 1. The van der Waals surface area contributed by atoms with Crippen LogP contribution < -0.4 is 11.1 Å². The molecule has 4 N–H and O–H groups in total. The lowest BCUT2D eigenvalue weighted by Crippen LogP contribution is -2.22. The molecule has 0 atom stereocenters. The zero-order valence-corrected chi connectivity index (χ0v) is 16.7. The number of carbonyl (C=O) groups is 2. The van der Waals surface area contributed by atoms with Crippen LogP contribution in [0.3, 0.4) is 0 Å². The highest BCUT2D eigenvalue weighted by atomic mass is 16.2. The number of hydrogen-bond acceptors (Lipinski definition) is 3. The number of hydrogen-bond donors (Lipinski definition) is 3. The summed E-state index contributed by atoms with van der Waals surface area (Å²) in [6.07, 6.45) is 4.61. The minimum Gasteiger partial charge on any atom is -0.361 e. The van der Waals surface area contributed by atoms with Crippen molar-refractivity contribution < 1.29 is 9.59 Å². The first-order chi connectivity index (χ1) is 14.6. The van der Waals surface area contributed by atoms with Crippen molar-refractivity contribution in [2.24, 2.45) is 5.73 Å². The molecule has 0 unspecified atom stereocenters. The van der Waals surface area contributed by atoms with Gasteiger partial charge in [-0.15, -0.1) is 0 Å². The molecule has 0 radical (unpaired) electrons. The van der Waals surface area contributed by atoms with Crippen LogP contribution in [0, 0.1) is 6.92 Å². The molecule has 6 heteroatoms. The van der Waals surface area contributed by atoms with Crippen molar-refractivity contribution in [3.05, 3.63) is 71.5 Å². The van der Waals surface area contributed by atoms with Gasteiger partial charge in [0.05, 0.1) is 11.1 Å². The number of fused-ring (bicyclic) bond motifs is 2. The molecule has 0 saturated heterocycles. The predicted molar refractivity (Wildman–Crippen MR) is 119 cm³/mol. The van der Waals surface area contributed by atoms with Gasteiger partial charge in [-0.25, -0.2) is 0 Å². The number of amides is 2. The predicted octanol–water partition coefficient (Wildman–Crippen LogP) is 3.35. The molecule has 5 rings (SSSR count). The standard InChI is InChI=1S/C24H22N4O2/c1-14-7-8-16-18(13-28(10-4-9-25)20(16)11-14)22-21(23(29)27-24(22)30)17-12-26-19-6-3-2-5-15(17)19/h2-3,5-8,11-13,26H,4,9-10,25H2,1H3,(H,27,29,30). The van der Waals surface area contributed by atoms with Crippen LogP contribution in [0.15, 0.2) is 54.9 Å². The van der Waals surface area contributed by atoms with Crippen molar-refractivity contribution in [1.29, 1.82) is 0 Å². The van der Waals surface area contributed by atoms with Gasteiger partial charge in [0.15, 0.2) is 0 Å². The fraction of sp³-hybridized carbons (Fsp3) is 0.167. The zero-order chi connectivity index (χ0) is 20.8. The zero-order valence-electron chi connectivity index (χ0n) is 16.7. The minimum atomic E-state index is -0.366. The van der Waals surface area contributed by atoms with Crippen LogP contribution in [-0.2, 0) is 16.1 Å². The Kier molecular flexibility index (Phi) is 4.29. The number of rotatable bonds is 5. The monoisotopic (exact) mass is 398 g/mol. The van der Waals surface area contributed by atoms with Gasteiger partial charge >= 0.3 is 0 Å². The summed E-state index contributed by atoms with van der Waals surface area (Å²) in [6, 6.07) is 13.9. The second-order valence-electron chi connectivity index (χ2n) is 7.68. The third-order valence-electron chi connectivity index (χ3n) is 5.70. The lowest BCUT2D eigenvalue weighted by molar-refractivity contribution is -0.122. The molecule has 0 aliphatic carbocycles. The summed E-state index contributed by atoms with van der Waals surface area (Å²) in [6.45, 7) is 3.38. The van der Waals surface area contributed by atoms with Gasteiger partial charge in [0.25, 0.3) is 11.8 Å². The van der Waals surface area contributed by atoms with E-state index in [1.165, 1.54) is 0 Å². The van der Waals surface area contributed by atoms with Gasteiger partial charge in [-0.3, -0.25) is 14.9 Å². The number of para-hydroxylation sites is 1. The van der Waals surface area contributed by atoms with Gasteiger partial charge in [0.1, 0.15) is 0 Å². The normalized spacial score (nSPS) is 14.3. The smallest absolute Gasteiger partial charge is 0.259 e. The molecular formula is C24H22N4O2. The van der Waals surface area contributed by atoms with Gasteiger partial charge in [-0.2, -0.15) is 0 Å². The highest BCUT2D eigenvalue weighted by Gasteiger charge is 2.35. The summed E-state index contributed by atoms with van der Waals surface area (Å²) in [5.41, 5.74) is 11.2. The molecule has 0 saturated carbocycles. The van der Waals surface area contributed by atoms with Crippen LogP contribution in [0.4, 0.5) is 0 Å². The minimum absolute atomic E-state index is 0.362. The van der Waals surface area contributed by atoms with E-state index in [1.807, 2.05) is 49.5 Å². The highest BCUT2D eigenvalue weighted by Crippen LogP contribution is 2.38. The van der Waals surface area contributed by atoms with E-state index in [0.717, 1.165) is 51.5 Å². The molecule has 4 aromatic rings. The molecule has 1 aliphatic heterocycles. The average molecular weight is 398 g/mol. The summed E-state index contributed by atoms with van der Waals surface area (Å²) >= 11 is 0. The largest absolute Gasteiger partial charge is 0.361 e. The highest BCUT2D eigenvalue weighted by molar-refractivity contribution is 6.50. The van der Waals surface area contributed by atoms with E-state index in [9.17, 15) is 9.59 Å². The molecule has 2 amide bonds. The van der Waals surface area contributed by atoms with E-state index >= 15 is 0 Å². The maximum absolute atomic E-state index is 12.9. The van der Waals surface area contributed by atoms with E-state index in [-0.39, 0.29) is 11.8 Å². The fourth-order valence-corrected chi connectivity index (χ4v) is 4.30. The fourth-order valence-electron chi connectivity index (χ4n) is 4.30. The molecule has 150 valence electrons. The molecular weight excluding hydrogens is 376 g/mol. The SMILES string of the molecule is Cc1ccc2c(C3=C(c4c[nH]c5ccccc45)C(=O)NC3=O)cn(CCCN)c2c1. The molecule has 2 aromatic carbocycles. The molecule has 2 aromatic heterocycles. The Morgan fingerprint density at radius 2 is 1.73 bits per heavy atom. The van der Waals surface area contributed by atoms with E-state index in [2.05, 4.69) is 20.9 Å². The summed E-state index contributed by atoms with van der Waals surface area (Å²) in [7, 11) is 0. The quantitative estimate of drug-likeness (QED) is 0.450. The Balaban J connectivity index is 1.80. The Morgan fingerprint density at radius 3 is 2.53 bits per heavy atom. The summed E-state index contributed by atoms with van der Waals surface area (Å²) in [4.78, 5) is 29.0. The molecule has 6 nitrogen and oxygen atoms in total. The van der Waals surface area contributed by atoms with Crippen molar-refractivity contribution >= 4 is 44.8 Å². The number of aromatic amines is 1. The number of benzene rings is 2. The molecule has 0 spiro atoms. The van der Waals surface area contributed by atoms with Crippen LogP contribution in [-0.4, -0.2) is 27.9 Å². The Labute approximate surface area is 173 Å². The lowest BCUT2D eigenvalue weighted by atomic mass is 9.95. The van der Waals surface area contributed by atoms with E-state index in [4.69, 9.17) is 5.73 Å². The number of carbonyl (C=O) groups excluding carboxylic acids is 2. The van der Waals surface area contributed by atoms with Crippen LogP contribution in [0.1, 0.15) is 23.1 Å². The van der Waals surface area contributed by atoms with E-state index in [1.54, 1.807) is 6.20 Å². The second kappa shape index (κ2) is 7.00. The van der Waals surface area contributed by atoms with Gasteiger partial charge in [0.2, 0.25) is 0 Å². The number of nitrogens with one attached hydrogen (secondary N) is 2. The van der Waals surface area contributed by atoms with Crippen LogP contribution >= 0.6 is 0 Å². The molecule has 1 aliphatic rings. The lowest BCUT2D eigenvalue weighted by Gasteiger charge is -2.04. The maximum Gasteiger partial charge on any atom is 0.259 e. The van der Waals surface area contributed by atoms with Gasteiger partial charge in [-0.1, -0.05) is 30.3 Å². The van der Waals surface area contributed by atoms with Crippen LogP contribution in [0.25, 0.3) is 33.0 Å². The maximum atomic E-state index is 12.9. The molecule has 0 bridgehead atoms. The van der Waals surface area contributed by atoms with E-state index < -0.39 is 0 Å². The van der Waals surface area contributed by atoms with Crippen LogP contribution in [0.2, 0.25) is 0 Å². The van der Waals surface area contributed by atoms with Crippen molar-refractivity contribution in [1.82, 2.24) is 14.9 Å². The first-order valence-corrected chi connectivity index (χ1v) is 10.0. The Morgan fingerprint density at radius 1 is 0.967 bits per heavy atom. The second-order valence-corrected chi connectivity index (χ2v) is 7.68. The van der Waals surface area contributed by atoms with E-state index in [0.29, 0.717) is 17.7 Å². The average Bonchev–Trinajstić information content (AvgIpc) is 3.39. The number of H-pyrrole nitrogens is 1. The summed E-state index contributed by atoms with van der Waals surface area (Å²) in [5, 5.41) is 4.37. The Bertz CT molecular complexity index is 1360. The van der Waals surface area contributed by atoms with Crippen molar-refractivity contribution in [3.8, 4) is 0 Å². The van der Waals surface area contributed by atoms with Crippen molar-refractivity contribution in [2.75, 3.05) is 6.54 Å². The van der Waals surface area contributed by atoms with Crippen molar-refractivity contribution in [3.63, 3.8) is 0 Å². The first kappa shape index (κ1) is 18.4. The Hall–Kier alpha value is -3.64. The summed E-state index contributed by atoms with van der Waals surface area (Å²) < 4.78 is 2.13.